The predicted octanol–water partition coefficient (Wildman–Crippen LogP) is 2.54. The Labute approximate surface area is 85.0 Å². The molecule has 0 saturated heterocycles. The van der Waals surface area contributed by atoms with Crippen molar-refractivity contribution in [1.82, 2.24) is 5.32 Å². The zero-order valence-electron chi connectivity index (χ0n) is 7.88. The summed E-state index contributed by atoms with van der Waals surface area (Å²) < 4.78 is 5.17. The van der Waals surface area contributed by atoms with E-state index < -0.39 is 0 Å². The number of rotatable bonds is 5. The molecule has 0 spiro atoms. The molecule has 0 bridgehead atoms. The van der Waals surface area contributed by atoms with Crippen molar-refractivity contribution in [1.29, 1.82) is 0 Å². The molecular formula is C10H15NOS. The van der Waals surface area contributed by atoms with E-state index in [4.69, 9.17) is 17.0 Å². The third-order valence-electron chi connectivity index (χ3n) is 1.20. The summed E-state index contributed by atoms with van der Waals surface area (Å²) in [6, 6.07) is 0. The standard InChI is InChI=1S/C10H15NOS/c1-4-7-9(6-3)11-10(13)12-8-5-2/h4,6-7H,1,3,5,8H2,2H3,(H,11,13)/b9-7+. The number of thiocarbonyl (C=S) groups is 1. The van der Waals surface area contributed by atoms with Crippen LogP contribution in [0.3, 0.4) is 0 Å². The Morgan fingerprint density at radius 2 is 2.23 bits per heavy atom. The summed E-state index contributed by atoms with van der Waals surface area (Å²) in [6.45, 7) is 9.84. The molecule has 72 valence electrons. The van der Waals surface area contributed by atoms with Crippen LogP contribution >= 0.6 is 12.2 Å². The van der Waals surface area contributed by atoms with Gasteiger partial charge in [-0.05, 0) is 30.8 Å². The minimum Gasteiger partial charge on any atom is -0.471 e. The summed E-state index contributed by atoms with van der Waals surface area (Å²) in [6.07, 6.45) is 6.03. The van der Waals surface area contributed by atoms with Gasteiger partial charge >= 0.3 is 0 Å². The molecule has 0 aromatic rings. The summed E-state index contributed by atoms with van der Waals surface area (Å²) in [5.74, 6) is 0. The number of allylic oxidation sites excluding steroid dienone is 3. The van der Waals surface area contributed by atoms with Crippen LogP contribution in [0, 0.1) is 0 Å². The third-order valence-corrected chi connectivity index (χ3v) is 1.42. The zero-order valence-corrected chi connectivity index (χ0v) is 8.69. The molecule has 0 rings (SSSR count). The summed E-state index contributed by atoms with van der Waals surface area (Å²) in [4.78, 5) is 0. The minimum absolute atomic E-state index is 0.370. The fraction of sp³-hybridized carbons (Fsp3) is 0.300. The van der Waals surface area contributed by atoms with Gasteiger partial charge in [0.15, 0.2) is 0 Å². The van der Waals surface area contributed by atoms with Gasteiger partial charge in [0.05, 0.1) is 6.61 Å². The molecule has 1 N–H and O–H groups in total. The predicted molar refractivity (Wildman–Crippen MR) is 60.5 cm³/mol. The van der Waals surface area contributed by atoms with Crippen molar-refractivity contribution in [2.75, 3.05) is 6.61 Å². The summed E-state index contributed by atoms with van der Waals surface area (Å²) in [5, 5.41) is 3.25. The molecule has 0 aliphatic rings. The van der Waals surface area contributed by atoms with Gasteiger partial charge in [-0.25, -0.2) is 0 Å². The molecule has 0 unspecified atom stereocenters. The van der Waals surface area contributed by atoms with Crippen LogP contribution < -0.4 is 5.32 Å². The Kier molecular flexibility index (Phi) is 6.92. The van der Waals surface area contributed by atoms with Gasteiger partial charge in [-0.2, -0.15) is 0 Å². The quantitative estimate of drug-likeness (QED) is 0.540. The second-order valence-electron chi connectivity index (χ2n) is 2.32. The van der Waals surface area contributed by atoms with Gasteiger partial charge in [0, 0.05) is 5.70 Å². The van der Waals surface area contributed by atoms with E-state index in [-0.39, 0.29) is 0 Å². The van der Waals surface area contributed by atoms with Crippen LogP contribution in [0.5, 0.6) is 0 Å². The van der Waals surface area contributed by atoms with Crippen molar-refractivity contribution in [3.05, 3.63) is 37.1 Å². The lowest BCUT2D eigenvalue weighted by Gasteiger charge is -2.08. The van der Waals surface area contributed by atoms with Gasteiger partial charge in [0.2, 0.25) is 0 Å². The van der Waals surface area contributed by atoms with Gasteiger partial charge in [0.25, 0.3) is 5.17 Å². The van der Waals surface area contributed by atoms with Crippen LogP contribution in [-0.4, -0.2) is 11.8 Å². The maximum Gasteiger partial charge on any atom is 0.261 e. The highest BCUT2D eigenvalue weighted by Crippen LogP contribution is 1.92. The molecule has 0 heterocycles. The molecule has 0 amide bonds. The average molecular weight is 197 g/mol. The molecule has 0 radical (unpaired) electrons. The van der Waals surface area contributed by atoms with Crippen LogP contribution in [0.2, 0.25) is 0 Å². The monoisotopic (exact) mass is 197 g/mol. The van der Waals surface area contributed by atoms with E-state index >= 15 is 0 Å². The number of hydrogen-bond donors (Lipinski definition) is 1. The summed E-state index contributed by atoms with van der Waals surface area (Å²) in [5.41, 5.74) is 0.788. The molecule has 0 atom stereocenters. The Morgan fingerprint density at radius 3 is 2.69 bits per heavy atom. The van der Waals surface area contributed by atoms with Gasteiger partial charge in [-0.15, -0.1) is 0 Å². The molecule has 0 saturated carbocycles. The van der Waals surface area contributed by atoms with Crippen LogP contribution in [0.15, 0.2) is 37.1 Å². The fourth-order valence-electron chi connectivity index (χ4n) is 0.636. The van der Waals surface area contributed by atoms with E-state index in [1.165, 1.54) is 0 Å². The number of ether oxygens (including phenoxy) is 1. The lowest BCUT2D eigenvalue weighted by Crippen LogP contribution is -2.22. The maximum absolute atomic E-state index is 5.17. The minimum atomic E-state index is 0.370. The van der Waals surface area contributed by atoms with Crippen molar-refractivity contribution in [2.45, 2.75) is 13.3 Å². The second-order valence-corrected chi connectivity index (χ2v) is 2.69. The van der Waals surface area contributed by atoms with Crippen LogP contribution in [-0.2, 0) is 4.74 Å². The molecular weight excluding hydrogens is 182 g/mol. The molecule has 3 heteroatoms. The van der Waals surface area contributed by atoms with Crippen molar-refractivity contribution >= 4 is 17.4 Å². The Hall–Kier alpha value is -1.09. The first-order chi connectivity index (χ1) is 6.24. The molecule has 0 fully saturated rings. The maximum atomic E-state index is 5.17. The van der Waals surface area contributed by atoms with Crippen molar-refractivity contribution in [3.8, 4) is 0 Å². The lowest BCUT2D eigenvalue weighted by atomic mass is 10.4. The number of hydrogen-bond acceptors (Lipinski definition) is 2. The Bertz CT molecular complexity index is 221. The molecule has 0 aromatic heterocycles. The molecule has 2 nitrogen and oxygen atoms in total. The van der Waals surface area contributed by atoms with E-state index in [0.29, 0.717) is 11.8 Å². The van der Waals surface area contributed by atoms with E-state index in [0.717, 1.165) is 12.1 Å². The second kappa shape index (κ2) is 7.55. The van der Waals surface area contributed by atoms with Crippen LogP contribution in [0.1, 0.15) is 13.3 Å². The van der Waals surface area contributed by atoms with Crippen molar-refractivity contribution in [2.24, 2.45) is 0 Å². The first-order valence-corrected chi connectivity index (χ1v) is 4.54. The van der Waals surface area contributed by atoms with Gasteiger partial charge in [0.1, 0.15) is 0 Å². The third kappa shape index (κ3) is 6.11. The van der Waals surface area contributed by atoms with Gasteiger partial charge in [-0.3, -0.25) is 0 Å². The molecule has 0 aliphatic carbocycles. The summed E-state index contributed by atoms with van der Waals surface area (Å²) >= 11 is 4.92. The highest BCUT2D eigenvalue weighted by atomic mass is 32.1. The largest absolute Gasteiger partial charge is 0.471 e. The SMILES string of the molecule is C=C/C=C(\C=C)NC(=S)OCCC. The van der Waals surface area contributed by atoms with E-state index in [2.05, 4.69) is 18.5 Å². The molecule has 13 heavy (non-hydrogen) atoms. The molecule has 0 aromatic carbocycles. The van der Waals surface area contributed by atoms with E-state index in [1.807, 2.05) is 6.92 Å². The smallest absolute Gasteiger partial charge is 0.261 e. The summed E-state index contributed by atoms with van der Waals surface area (Å²) in [7, 11) is 0. The Morgan fingerprint density at radius 1 is 1.54 bits per heavy atom. The van der Waals surface area contributed by atoms with Gasteiger partial charge in [-0.1, -0.05) is 26.2 Å². The molecule has 0 aliphatic heterocycles. The average Bonchev–Trinajstić information content (AvgIpc) is 2.14. The highest BCUT2D eigenvalue weighted by Gasteiger charge is 1.96. The first kappa shape index (κ1) is 11.9. The highest BCUT2D eigenvalue weighted by molar-refractivity contribution is 7.80. The fourth-order valence-corrected chi connectivity index (χ4v) is 0.838. The van der Waals surface area contributed by atoms with Crippen molar-refractivity contribution in [3.63, 3.8) is 0 Å². The topological polar surface area (TPSA) is 21.3 Å². The van der Waals surface area contributed by atoms with E-state index in [9.17, 15) is 0 Å². The number of nitrogens with one attached hydrogen (secondary N) is 1. The van der Waals surface area contributed by atoms with Crippen LogP contribution in [0.25, 0.3) is 0 Å². The van der Waals surface area contributed by atoms with E-state index in [1.54, 1.807) is 18.2 Å². The Balaban J connectivity index is 3.94. The van der Waals surface area contributed by atoms with Crippen LogP contribution in [0.4, 0.5) is 0 Å². The van der Waals surface area contributed by atoms with Crippen molar-refractivity contribution < 1.29 is 4.74 Å². The van der Waals surface area contributed by atoms with Gasteiger partial charge < -0.3 is 10.1 Å². The zero-order chi connectivity index (χ0) is 10.1. The lowest BCUT2D eigenvalue weighted by molar-refractivity contribution is 0.302. The first-order valence-electron chi connectivity index (χ1n) is 4.13. The normalized spacial score (nSPS) is 10.4.